The molecule has 8 rings (SSSR count). The predicted octanol–water partition coefficient (Wildman–Crippen LogP) is 5.53. The monoisotopic (exact) mass is 775 g/mol. The first-order valence-electron chi connectivity index (χ1n) is 17.8. The Morgan fingerprint density at radius 1 is 0.868 bits per heavy atom. The molecule has 10 nitrogen and oxygen atoms in total. The summed E-state index contributed by atoms with van der Waals surface area (Å²) in [5.41, 5.74) is 0.423. The van der Waals surface area contributed by atoms with E-state index in [9.17, 15) is 14.7 Å². The molecular weight excluding hydrogens is 738 g/mol. The Morgan fingerprint density at radius 2 is 1.58 bits per heavy atom. The average molecular weight is 777 g/mol. The molecule has 4 aromatic rings. The first-order valence-corrected chi connectivity index (χ1v) is 18.6. The molecule has 0 radical (unpaired) electrons. The third kappa shape index (κ3) is 6.16. The smallest absolute Gasteiger partial charge is 0.306 e. The lowest BCUT2D eigenvalue weighted by atomic mass is 9.74. The standard InChI is InChI=1S/C42H38BrN3O7/c43-31-23-42-36-35(37(31)53-42)39(49)44-32(27-13-4-1-5-14-27)25-52-34(48)18-8-3-11-21-45(30-20-19-26-12-9-10-17-29(26)22-30)41(51)38(42)46(40(36)50)33(24-47)28-15-6-2-7-16-28/h1-7,9-17,19-20,22-23,32-33,35-38,47H,8,18,21,24-25H2,(H,44,49)/b11-3-/t32-,33-,35-,36+,37-,38-,42+/m1/s1. The summed E-state index contributed by atoms with van der Waals surface area (Å²) < 4.78 is 13.0. The van der Waals surface area contributed by atoms with Gasteiger partial charge in [0.05, 0.1) is 30.5 Å². The van der Waals surface area contributed by atoms with Crippen LogP contribution in [0.2, 0.25) is 0 Å². The van der Waals surface area contributed by atoms with Gasteiger partial charge in [0, 0.05) is 23.1 Å². The van der Waals surface area contributed by atoms with E-state index in [-0.39, 0.29) is 19.6 Å². The predicted molar refractivity (Wildman–Crippen MR) is 201 cm³/mol. The van der Waals surface area contributed by atoms with Gasteiger partial charge < -0.3 is 29.7 Å². The maximum Gasteiger partial charge on any atom is 0.306 e. The Morgan fingerprint density at radius 3 is 2.34 bits per heavy atom. The number of hydrogen-bond donors (Lipinski definition) is 2. The van der Waals surface area contributed by atoms with Crippen molar-refractivity contribution in [2.45, 2.75) is 42.7 Å². The van der Waals surface area contributed by atoms with Crippen LogP contribution in [-0.2, 0) is 28.7 Å². The van der Waals surface area contributed by atoms with Crippen molar-refractivity contribution >= 4 is 56.1 Å². The average Bonchev–Trinajstić information content (AvgIpc) is 3.78. The fraction of sp³-hybridized carbons (Fsp3) is 0.286. The van der Waals surface area contributed by atoms with E-state index in [0.29, 0.717) is 22.2 Å². The van der Waals surface area contributed by atoms with E-state index in [0.717, 1.165) is 16.3 Å². The highest BCUT2D eigenvalue weighted by atomic mass is 79.9. The van der Waals surface area contributed by atoms with E-state index in [1.165, 1.54) is 4.90 Å². The van der Waals surface area contributed by atoms with E-state index in [1.54, 1.807) is 11.0 Å². The Hall–Kier alpha value is -5.10. The molecule has 3 amide bonds. The lowest BCUT2D eigenvalue weighted by molar-refractivity contribution is -0.146. The van der Waals surface area contributed by atoms with E-state index >= 15 is 9.59 Å². The molecule has 4 heterocycles. The van der Waals surface area contributed by atoms with Gasteiger partial charge in [-0.25, -0.2) is 0 Å². The van der Waals surface area contributed by atoms with Crippen LogP contribution >= 0.6 is 15.9 Å². The largest absolute Gasteiger partial charge is 0.463 e. The molecule has 270 valence electrons. The number of aliphatic hydroxyl groups is 1. The van der Waals surface area contributed by atoms with Gasteiger partial charge in [0.1, 0.15) is 24.4 Å². The summed E-state index contributed by atoms with van der Waals surface area (Å²) >= 11 is 3.64. The minimum Gasteiger partial charge on any atom is -0.463 e. The zero-order chi connectivity index (χ0) is 36.7. The van der Waals surface area contributed by atoms with Gasteiger partial charge >= 0.3 is 5.97 Å². The molecule has 0 aromatic heterocycles. The zero-order valence-electron chi connectivity index (χ0n) is 28.7. The first-order chi connectivity index (χ1) is 25.8. The van der Waals surface area contributed by atoms with Crippen LogP contribution in [0.25, 0.3) is 10.8 Å². The van der Waals surface area contributed by atoms with E-state index < -0.39 is 72.0 Å². The first kappa shape index (κ1) is 35.0. The summed E-state index contributed by atoms with van der Waals surface area (Å²) in [6, 6.07) is 29.0. The number of allylic oxidation sites excluding steroid dienone is 1. The Balaban J connectivity index is 1.28. The van der Waals surface area contributed by atoms with Crippen molar-refractivity contribution in [3.05, 3.63) is 137 Å². The minimum absolute atomic E-state index is 0.108. The molecule has 53 heavy (non-hydrogen) atoms. The normalized spacial score (nSPS) is 28.7. The number of esters is 1. The number of likely N-dealkylation sites (tertiary alicyclic amines) is 1. The van der Waals surface area contributed by atoms with Crippen LogP contribution in [0.5, 0.6) is 0 Å². The zero-order valence-corrected chi connectivity index (χ0v) is 30.3. The van der Waals surface area contributed by atoms with Gasteiger partial charge in [-0.2, -0.15) is 0 Å². The molecule has 2 saturated heterocycles. The lowest BCUT2D eigenvalue weighted by Gasteiger charge is -2.39. The number of cyclic esters (lactones) is 1. The number of benzene rings is 4. The molecule has 4 aliphatic rings. The number of fused-ring (bicyclic) bond motifs is 3. The molecule has 0 saturated carbocycles. The Kier molecular flexibility index (Phi) is 9.48. The molecule has 4 aliphatic heterocycles. The summed E-state index contributed by atoms with van der Waals surface area (Å²) in [7, 11) is 0. The van der Waals surface area contributed by atoms with Crippen LogP contribution in [0.1, 0.15) is 36.1 Å². The second kappa shape index (κ2) is 14.4. The number of carbonyl (C=O) groups is 4. The van der Waals surface area contributed by atoms with Crippen LogP contribution < -0.4 is 10.2 Å². The van der Waals surface area contributed by atoms with Gasteiger partial charge in [-0.3, -0.25) is 19.2 Å². The molecule has 0 aliphatic carbocycles. The maximum atomic E-state index is 15.5. The van der Waals surface area contributed by atoms with Crippen molar-refractivity contribution in [1.82, 2.24) is 10.2 Å². The second-order valence-corrected chi connectivity index (χ2v) is 14.7. The van der Waals surface area contributed by atoms with Crippen molar-refractivity contribution in [2.75, 3.05) is 24.7 Å². The van der Waals surface area contributed by atoms with Crippen LogP contribution in [0.4, 0.5) is 5.69 Å². The van der Waals surface area contributed by atoms with Gasteiger partial charge in [-0.15, -0.1) is 0 Å². The van der Waals surface area contributed by atoms with Crippen molar-refractivity contribution in [3.63, 3.8) is 0 Å². The van der Waals surface area contributed by atoms with Crippen LogP contribution in [0, 0.1) is 11.8 Å². The van der Waals surface area contributed by atoms with Crippen LogP contribution in [0.3, 0.4) is 0 Å². The van der Waals surface area contributed by atoms with E-state index in [4.69, 9.17) is 9.47 Å². The van der Waals surface area contributed by atoms with Gasteiger partial charge in [0.25, 0.3) is 5.91 Å². The van der Waals surface area contributed by atoms with Gasteiger partial charge in [-0.1, -0.05) is 119 Å². The molecule has 5 bridgehead atoms. The summed E-state index contributed by atoms with van der Waals surface area (Å²) in [4.78, 5) is 61.0. The summed E-state index contributed by atoms with van der Waals surface area (Å²) in [6.07, 6.45) is 5.05. The number of anilines is 1. The fourth-order valence-corrected chi connectivity index (χ4v) is 9.07. The lowest BCUT2D eigenvalue weighted by Crippen LogP contribution is -2.57. The molecule has 4 aromatic carbocycles. The van der Waals surface area contributed by atoms with E-state index in [1.807, 2.05) is 115 Å². The Labute approximate surface area is 315 Å². The molecule has 11 heteroatoms. The van der Waals surface area contributed by atoms with Crippen molar-refractivity contribution in [3.8, 4) is 0 Å². The highest BCUT2D eigenvalue weighted by Crippen LogP contribution is 2.60. The Bertz CT molecular complexity index is 2120. The maximum absolute atomic E-state index is 15.5. The fourth-order valence-electron chi connectivity index (χ4n) is 8.34. The van der Waals surface area contributed by atoms with Crippen LogP contribution in [-0.4, -0.2) is 71.2 Å². The molecule has 2 N–H and O–H groups in total. The van der Waals surface area contributed by atoms with Crippen molar-refractivity contribution in [1.29, 1.82) is 0 Å². The number of aliphatic hydroxyl groups excluding tert-OH is 1. The topological polar surface area (TPSA) is 125 Å². The van der Waals surface area contributed by atoms with Gasteiger partial charge in [0.2, 0.25) is 11.8 Å². The number of ether oxygens (including phenoxy) is 2. The quantitative estimate of drug-likeness (QED) is 0.202. The van der Waals surface area contributed by atoms with Gasteiger partial charge in [0.15, 0.2) is 0 Å². The number of halogens is 1. The number of hydrogen-bond acceptors (Lipinski definition) is 7. The number of carbonyl (C=O) groups excluding carboxylic acids is 4. The van der Waals surface area contributed by atoms with Gasteiger partial charge in [-0.05, 0) is 46.5 Å². The molecular formula is C42H38BrN3O7. The molecule has 1 spiro atoms. The third-order valence-corrected chi connectivity index (χ3v) is 11.5. The number of amides is 3. The molecule has 7 atom stereocenters. The number of rotatable bonds is 5. The summed E-state index contributed by atoms with van der Waals surface area (Å²) in [6.45, 7) is -0.458. The molecule has 0 unspecified atom stereocenters. The summed E-state index contributed by atoms with van der Waals surface area (Å²) in [5, 5.41) is 16.0. The number of nitrogens with one attached hydrogen (secondary N) is 1. The summed E-state index contributed by atoms with van der Waals surface area (Å²) in [5.74, 6) is -3.93. The highest BCUT2D eigenvalue weighted by molar-refractivity contribution is 9.11. The van der Waals surface area contributed by atoms with Crippen LogP contribution in [0.15, 0.2) is 126 Å². The molecule has 2 fully saturated rings. The minimum atomic E-state index is -1.54. The van der Waals surface area contributed by atoms with Crippen molar-refractivity contribution < 1.29 is 33.8 Å². The third-order valence-electron chi connectivity index (χ3n) is 10.8. The second-order valence-electron chi connectivity index (χ2n) is 13.8. The van der Waals surface area contributed by atoms with E-state index in [2.05, 4.69) is 21.2 Å². The SMILES string of the molecule is O=C1CC/C=C\CN(c2ccc3ccccc3c2)C(=O)[C@H]2N([C@H](CO)c3ccccc3)C(=O)[C@@H]3[C@@H](C(=O)N[C@@H](c4ccccc4)CO1)[C@@H]1O[C@@]32C=C1Br. The van der Waals surface area contributed by atoms with Crippen molar-refractivity contribution in [2.24, 2.45) is 11.8 Å². The number of nitrogens with zero attached hydrogens (tertiary/aromatic N) is 2. The highest BCUT2D eigenvalue weighted by Gasteiger charge is 2.75.